The lowest BCUT2D eigenvalue weighted by atomic mass is 10.1. The third-order valence-electron chi connectivity index (χ3n) is 3.80. The summed E-state index contributed by atoms with van der Waals surface area (Å²) in [6, 6.07) is 2.66. The molecule has 1 aliphatic heterocycles. The Balaban J connectivity index is 2.24. The van der Waals surface area contributed by atoms with E-state index in [-0.39, 0.29) is 18.3 Å². The van der Waals surface area contributed by atoms with Crippen LogP contribution in [0.25, 0.3) is 0 Å². The van der Waals surface area contributed by atoms with E-state index >= 15 is 0 Å². The van der Waals surface area contributed by atoms with Crippen molar-refractivity contribution >= 4 is 5.69 Å². The number of hydrogen-bond acceptors (Lipinski definition) is 3. The van der Waals surface area contributed by atoms with Crippen LogP contribution in [-0.4, -0.2) is 37.3 Å². The summed E-state index contributed by atoms with van der Waals surface area (Å²) in [5, 5.41) is 0. The molecule has 1 aromatic carbocycles. The zero-order chi connectivity index (χ0) is 16.5. The molecule has 1 unspecified atom stereocenters. The monoisotopic (exact) mass is 324 g/mol. The summed E-state index contributed by atoms with van der Waals surface area (Å²) in [5.41, 5.74) is 4.33. The summed E-state index contributed by atoms with van der Waals surface area (Å²) in [6.45, 7) is 0.886. The number of halogens is 5. The second kappa shape index (κ2) is 5.91. The molecule has 3 nitrogen and oxygen atoms in total. The predicted octanol–water partition coefficient (Wildman–Crippen LogP) is 3.40. The fourth-order valence-corrected chi connectivity index (χ4v) is 2.45. The highest BCUT2D eigenvalue weighted by molar-refractivity contribution is 5.50. The van der Waals surface area contributed by atoms with Gasteiger partial charge >= 0.3 is 12.1 Å². The zero-order valence-corrected chi connectivity index (χ0v) is 12.0. The van der Waals surface area contributed by atoms with E-state index < -0.39 is 23.4 Å². The van der Waals surface area contributed by atoms with Gasteiger partial charge in [0.25, 0.3) is 0 Å². The average molecular weight is 324 g/mol. The fourth-order valence-electron chi connectivity index (χ4n) is 2.45. The van der Waals surface area contributed by atoms with Crippen LogP contribution in [0.15, 0.2) is 18.2 Å². The lowest BCUT2D eigenvalue weighted by molar-refractivity contribution is -0.289. The number of benzene rings is 1. The molecule has 0 spiro atoms. The molecule has 1 aromatic rings. The highest BCUT2D eigenvalue weighted by Gasteiger charge is 2.60. The molecule has 1 fully saturated rings. The van der Waals surface area contributed by atoms with Crippen molar-refractivity contribution in [3.05, 3.63) is 23.8 Å². The number of nitrogen functional groups attached to an aromatic ring is 1. The Morgan fingerprint density at radius 1 is 1.27 bits per heavy atom. The molecule has 124 valence electrons. The number of likely N-dealkylation sites (tertiary alicyclic amines) is 1. The van der Waals surface area contributed by atoms with E-state index in [1.165, 1.54) is 0 Å². The number of alkyl halides is 5. The number of rotatable bonds is 4. The average Bonchev–Trinajstić information content (AvgIpc) is 2.80. The molecule has 0 bridgehead atoms. The van der Waals surface area contributed by atoms with Gasteiger partial charge in [-0.2, -0.15) is 22.0 Å². The minimum Gasteiger partial charge on any atom is -0.491 e. The van der Waals surface area contributed by atoms with Gasteiger partial charge < -0.3 is 15.4 Å². The molecule has 0 saturated carbocycles. The first-order chi connectivity index (χ1) is 10.1. The Hall–Kier alpha value is -1.57. The van der Waals surface area contributed by atoms with Gasteiger partial charge in [0.15, 0.2) is 0 Å². The minimum atomic E-state index is -5.69. The van der Waals surface area contributed by atoms with Crippen LogP contribution in [0.4, 0.5) is 27.6 Å². The van der Waals surface area contributed by atoms with E-state index in [0.717, 1.165) is 31.5 Å². The van der Waals surface area contributed by atoms with Crippen molar-refractivity contribution in [1.29, 1.82) is 0 Å². The molecule has 2 rings (SSSR count). The standard InChI is InChI=1S/C14H17F5N2O/c1-21-6-2-3-10(21)8-22-12-7-9(20)4-5-11(12)13(15,16)14(17,18)19/h4-5,7,10H,2-3,6,8,20H2,1H3. The van der Waals surface area contributed by atoms with Crippen LogP contribution in [0, 0.1) is 0 Å². The molecule has 22 heavy (non-hydrogen) atoms. The van der Waals surface area contributed by atoms with E-state index in [1.807, 2.05) is 11.9 Å². The largest absolute Gasteiger partial charge is 0.491 e. The minimum absolute atomic E-state index is 0.00575. The van der Waals surface area contributed by atoms with Gasteiger partial charge in [-0.15, -0.1) is 0 Å². The lowest BCUT2D eigenvalue weighted by Crippen LogP contribution is -2.35. The summed E-state index contributed by atoms with van der Waals surface area (Å²) in [4.78, 5) is 1.98. The SMILES string of the molecule is CN1CCCC1COc1cc(N)ccc1C(F)(F)C(F)(F)F. The third kappa shape index (κ3) is 3.26. The predicted molar refractivity (Wildman–Crippen MR) is 72.0 cm³/mol. The van der Waals surface area contributed by atoms with Gasteiger partial charge in [0, 0.05) is 17.8 Å². The van der Waals surface area contributed by atoms with Crippen LogP contribution in [-0.2, 0) is 5.92 Å². The topological polar surface area (TPSA) is 38.5 Å². The number of anilines is 1. The molecule has 8 heteroatoms. The van der Waals surface area contributed by atoms with Crippen molar-refractivity contribution in [2.45, 2.75) is 31.0 Å². The van der Waals surface area contributed by atoms with E-state index in [2.05, 4.69) is 0 Å². The van der Waals surface area contributed by atoms with Crippen molar-refractivity contribution in [3.63, 3.8) is 0 Å². The second-order valence-corrected chi connectivity index (χ2v) is 5.42. The van der Waals surface area contributed by atoms with E-state index in [4.69, 9.17) is 10.5 Å². The fraction of sp³-hybridized carbons (Fsp3) is 0.571. The summed E-state index contributed by atoms with van der Waals surface area (Å²) >= 11 is 0. The van der Waals surface area contributed by atoms with Crippen molar-refractivity contribution in [3.8, 4) is 5.75 Å². The van der Waals surface area contributed by atoms with Gasteiger partial charge in [-0.05, 0) is 38.6 Å². The molecule has 0 radical (unpaired) electrons. The molecule has 2 N–H and O–H groups in total. The van der Waals surface area contributed by atoms with Gasteiger partial charge in [0.1, 0.15) is 12.4 Å². The third-order valence-corrected chi connectivity index (χ3v) is 3.80. The molecule has 1 atom stereocenters. The summed E-state index contributed by atoms with van der Waals surface area (Å²) in [5.74, 6) is -5.51. The number of nitrogens with zero attached hydrogens (tertiary/aromatic N) is 1. The quantitative estimate of drug-likeness (QED) is 0.681. The van der Waals surface area contributed by atoms with Crippen LogP contribution in [0.1, 0.15) is 18.4 Å². The molecule has 0 aromatic heterocycles. The molecule has 1 aliphatic rings. The smallest absolute Gasteiger partial charge is 0.458 e. The molecular formula is C14H17F5N2O. The maximum absolute atomic E-state index is 13.6. The van der Waals surface area contributed by atoms with E-state index in [0.29, 0.717) is 6.07 Å². The lowest BCUT2D eigenvalue weighted by Gasteiger charge is -2.24. The van der Waals surface area contributed by atoms with E-state index in [9.17, 15) is 22.0 Å². The Kier molecular flexibility index (Phi) is 4.51. The van der Waals surface area contributed by atoms with Crippen molar-refractivity contribution in [1.82, 2.24) is 4.90 Å². The van der Waals surface area contributed by atoms with Crippen molar-refractivity contribution in [2.75, 3.05) is 25.9 Å². The highest BCUT2D eigenvalue weighted by atomic mass is 19.4. The Bertz CT molecular complexity index is 532. The Labute approximate surface area is 124 Å². The molecule has 0 aliphatic carbocycles. The normalized spacial score (nSPS) is 20.4. The molecule has 1 heterocycles. The van der Waals surface area contributed by atoms with Crippen LogP contribution in [0.2, 0.25) is 0 Å². The highest BCUT2D eigenvalue weighted by Crippen LogP contribution is 2.47. The number of nitrogens with two attached hydrogens (primary N) is 1. The van der Waals surface area contributed by atoms with Gasteiger partial charge in [0.05, 0.1) is 5.56 Å². The maximum Gasteiger partial charge on any atom is 0.458 e. The van der Waals surface area contributed by atoms with Crippen LogP contribution < -0.4 is 10.5 Å². The van der Waals surface area contributed by atoms with Crippen LogP contribution in [0.3, 0.4) is 0 Å². The second-order valence-electron chi connectivity index (χ2n) is 5.42. The van der Waals surface area contributed by atoms with Crippen LogP contribution >= 0.6 is 0 Å². The van der Waals surface area contributed by atoms with Gasteiger partial charge in [-0.3, -0.25) is 0 Å². The number of hydrogen-bond donors (Lipinski definition) is 1. The molecule has 0 amide bonds. The number of ether oxygens (including phenoxy) is 1. The summed E-state index contributed by atoms with van der Waals surface area (Å²) in [6.07, 6.45) is -3.94. The first-order valence-corrected chi connectivity index (χ1v) is 6.80. The van der Waals surface area contributed by atoms with Gasteiger partial charge in [0.2, 0.25) is 0 Å². The summed E-state index contributed by atoms with van der Waals surface area (Å²) in [7, 11) is 1.85. The van der Waals surface area contributed by atoms with Crippen molar-refractivity contribution < 1.29 is 26.7 Å². The maximum atomic E-state index is 13.6. The van der Waals surface area contributed by atoms with E-state index in [1.54, 1.807) is 0 Å². The summed E-state index contributed by atoms with van der Waals surface area (Å²) < 4.78 is 70.1. The molecule has 1 saturated heterocycles. The Morgan fingerprint density at radius 3 is 2.50 bits per heavy atom. The number of likely N-dealkylation sites (N-methyl/N-ethyl adjacent to an activating group) is 1. The first-order valence-electron chi connectivity index (χ1n) is 6.80. The van der Waals surface area contributed by atoms with Gasteiger partial charge in [-0.1, -0.05) is 0 Å². The van der Waals surface area contributed by atoms with Gasteiger partial charge in [-0.25, -0.2) is 0 Å². The zero-order valence-electron chi connectivity index (χ0n) is 12.0. The first kappa shape index (κ1) is 16.8. The Morgan fingerprint density at radius 2 is 1.95 bits per heavy atom. The molecular weight excluding hydrogens is 307 g/mol. The van der Waals surface area contributed by atoms with Crippen LogP contribution in [0.5, 0.6) is 5.75 Å². The van der Waals surface area contributed by atoms with Crippen molar-refractivity contribution in [2.24, 2.45) is 0 Å².